The number of hydrogen-bond donors (Lipinski definition) is 0. The molecule has 2 aromatic heterocycles. The summed E-state index contributed by atoms with van der Waals surface area (Å²) in [6, 6.07) is 56.3. The zero-order valence-corrected chi connectivity index (χ0v) is 28.8. The molecule has 4 heteroatoms. The summed E-state index contributed by atoms with van der Waals surface area (Å²) in [5, 5.41) is 10.2. The van der Waals surface area contributed by atoms with Gasteiger partial charge in [-0.25, -0.2) is 4.98 Å². The molecule has 52 heavy (non-hydrogen) atoms. The summed E-state index contributed by atoms with van der Waals surface area (Å²) in [4.78, 5) is 15.7. The van der Waals surface area contributed by atoms with Crippen LogP contribution >= 0.6 is 0 Å². The molecule has 0 aliphatic heterocycles. The lowest BCUT2D eigenvalue weighted by Crippen LogP contribution is -2.15. The second-order valence-corrected chi connectivity index (χ2v) is 14.4. The molecule has 0 N–H and O–H groups in total. The van der Waals surface area contributed by atoms with Crippen molar-refractivity contribution >= 4 is 54.1 Å². The Bertz CT molecular complexity index is 3080. The van der Waals surface area contributed by atoms with E-state index in [0.717, 1.165) is 33.3 Å². The summed E-state index contributed by atoms with van der Waals surface area (Å²) in [5.74, 6) is 1.88. The summed E-state index contributed by atoms with van der Waals surface area (Å²) in [5.41, 5.74) is 8.90. The summed E-state index contributed by atoms with van der Waals surface area (Å²) < 4.78 is 2.27. The van der Waals surface area contributed by atoms with E-state index in [9.17, 15) is 0 Å². The fraction of sp³-hybridized carbons (Fsp3) is 0.0625. The van der Waals surface area contributed by atoms with E-state index in [0.29, 0.717) is 17.6 Å². The predicted molar refractivity (Wildman–Crippen MR) is 215 cm³/mol. The van der Waals surface area contributed by atoms with Crippen LogP contribution in [0.3, 0.4) is 0 Å². The third kappa shape index (κ3) is 4.00. The van der Waals surface area contributed by atoms with Gasteiger partial charge in [-0.3, -0.25) is 4.57 Å². The van der Waals surface area contributed by atoms with Crippen molar-refractivity contribution < 1.29 is 0 Å². The Morgan fingerprint density at radius 2 is 0.923 bits per heavy atom. The van der Waals surface area contributed by atoms with Gasteiger partial charge in [0.2, 0.25) is 5.95 Å². The molecule has 0 saturated carbocycles. The molecule has 0 saturated heterocycles. The predicted octanol–water partition coefficient (Wildman–Crippen LogP) is 12.1. The van der Waals surface area contributed by atoms with E-state index in [1.165, 1.54) is 54.2 Å². The maximum Gasteiger partial charge on any atom is 0.238 e. The van der Waals surface area contributed by atoms with Crippen LogP contribution in [0.25, 0.3) is 94.0 Å². The third-order valence-corrected chi connectivity index (χ3v) is 11.2. The van der Waals surface area contributed by atoms with Crippen molar-refractivity contribution in [2.24, 2.45) is 0 Å². The van der Waals surface area contributed by atoms with Crippen molar-refractivity contribution in [3.63, 3.8) is 0 Å². The summed E-state index contributed by atoms with van der Waals surface area (Å²) in [7, 11) is 0. The van der Waals surface area contributed by atoms with Gasteiger partial charge >= 0.3 is 0 Å². The minimum Gasteiger partial charge on any atom is -0.278 e. The highest BCUT2D eigenvalue weighted by Gasteiger charge is 2.35. The second kappa shape index (κ2) is 10.7. The Balaban J connectivity index is 1.29. The molecule has 0 atom stereocenters. The van der Waals surface area contributed by atoms with E-state index in [1.54, 1.807) is 0 Å². The molecule has 4 nitrogen and oxygen atoms in total. The monoisotopic (exact) mass is 664 g/mol. The Hall–Kier alpha value is -6.65. The first-order chi connectivity index (χ1) is 25.6. The summed E-state index contributed by atoms with van der Waals surface area (Å²) in [6.07, 6.45) is 0. The van der Waals surface area contributed by atoms with Crippen molar-refractivity contribution in [1.82, 2.24) is 19.5 Å². The Kier molecular flexibility index (Phi) is 5.98. The average molecular weight is 665 g/mol. The minimum absolute atomic E-state index is 0.151. The summed E-state index contributed by atoms with van der Waals surface area (Å²) >= 11 is 0. The third-order valence-electron chi connectivity index (χ3n) is 11.2. The standard InChI is InChI=1S/C48H32N4/c1-48(2)37-24-12-22-35-33-20-9-10-21-34(33)36-23-13-25-39-42(36)44-40(27-26-38(48)43(44)41(35)37)52(39)47-50-45(30-16-7-4-8-17-30)49-46(51-47)32-19-11-18-31(28-32)29-14-5-3-6-15-29/h3-28H,1-2H3. The van der Waals surface area contributed by atoms with Crippen molar-refractivity contribution in [2.45, 2.75) is 19.3 Å². The quantitative estimate of drug-likeness (QED) is 0.188. The fourth-order valence-electron chi connectivity index (χ4n) is 8.81. The van der Waals surface area contributed by atoms with Crippen LogP contribution in [-0.2, 0) is 5.41 Å². The fourth-order valence-corrected chi connectivity index (χ4v) is 8.81. The molecule has 0 unspecified atom stereocenters. The van der Waals surface area contributed by atoms with Gasteiger partial charge < -0.3 is 0 Å². The maximum absolute atomic E-state index is 5.33. The molecular weight excluding hydrogens is 633 g/mol. The molecule has 1 aliphatic carbocycles. The first-order valence-electron chi connectivity index (χ1n) is 17.9. The molecule has 1 aliphatic rings. The Labute approximate surface area is 300 Å². The Morgan fingerprint density at radius 1 is 0.385 bits per heavy atom. The highest BCUT2D eigenvalue weighted by Crippen LogP contribution is 2.53. The lowest BCUT2D eigenvalue weighted by molar-refractivity contribution is 0.663. The van der Waals surface area contributed by atoms with Gasteiger partial charge in [-0.2, -0.15) is 9.97 Å². The van der Waals surface area contributed by atoms with E-state index in [4.69, 9.17) is 15.0 Å². The van der Waals surface area contributed by atoms with Crippen molar-refractivity contribution in [3.05, 3.63) is 169 Å². The smallest absolute Gasteiger partial charge is 0.238 e. The number of benzene rings is 7. The summed E-state index contributed by atoms with van der Waals surface area (Å²) in [6.45, 7) is 4.73. The van der Waals surface area contributed by atoms with Gasteiger partial charge in [0.1, 0.15) is 0 Å². The molecule has 0 bridgehead atoms. The van der Waals surface area contributed by atoms with E-state index in [1.807, 2.05) is 24.3 Å². The van der Waals surface area contributed by atoms with Crippen LogP contribution < -0.4 is 0 Å². The molecule has 0 radical (unpaired) electrons. The maximum atomic E-state index is 5.33. The normalized spacial score (nSPS) is 13.3. The molecule has 2 heterocycles. The van der Waals surface area contributed by atoms with E-state index >= 15 is 0 Å². The lowest BCUT2D eigenvalue weighted by Gasteiger charge is -2.22. The zero-order valence-electron chi connectivity index (χ0n) is 28.8. The molecule has 0 amide bonds. The largest absolute Gasteiger partial charge is 0.278 e. The first kappa shape index (κ1) is 29.1. The van der Waals surface area contributed by atoms with Crippen LogP contribution in [0.5, 0.6) is 0 Å². The molecule has 0 fully saturated rings. The molecule has 11 rings (SSSR count). The lowest BCUT2D eigenvalue weighted by atomic mass is 9.81. The van der Waals surface area contributed by atoms with Crippen LogP contribution in [0.4, 0.5) is 0 Å². The van der Waals surface area contributed by atoms with Crippen LogP contribution in [0.2, 0.25) is 0 Å². The van der Waals surface area contributed by atoms with E-state index in [-0.39, 0.29) is 5.41 Å². The van der Waals surface area contributed by atoms with Crippen LogP contribution in [0, 0.1) is 0 Å². The number of hydrogen-bond acceptors (Lipinski definition) is 3. The van der Waals surface area contributed by atoms with Crippen molar-refractivity contribution in [3.8, 4) is 39.9 Å². The van der Waals surface area contributed by atoms with E-state index in [2.05, 4.69) is 152 Å². The van der Waals surface area contributed by atoms with Gasteiger partial charge in [-0.1, -0.05) is 153 Å². The Morgan fingerprint density at radius 3 is 1.67 bits per heavy atom. The van der Waals surface area contributed by atoms with E-state index < -0.39 is 0 Å². The molecule has 10 aromatic rings. The first-order valence-corrected chi connectivity index (χ1v) is 17.9. The van der Waals surface area contributed by atoms with Crippen molar-refractivity contribution in [1.29, 1.82) is 0 Å². The number of nitrogens with zero attached hydrogens (tertiary/aromatic N) is 4. The number of rotatable bonds is 4. The molecule has 244 valence electrons. The van der Waals surface area contributed by atoms with Gasteiger partial charge in [-0.15, -0.1) is 0 Å². The minimum atomic E-state index is -0.151. The van der Waals surface area contributed by atoms with Gasteiger partial charge in [0.05, 0.1) is 11.0 Å². The van der Waals surface area contributed by atoms with Crippen LogP contribution in [0.1, 0.15) is 25.0 Å². The van der Waals surface area contributed by atoms with Crippen LogP contribution in [0.15, 0.2) is 158 Å². The highest BCUT2D eigenvalue weighted by atomic mass is 15.2. The number of fused-ring (bicyclic) bond motifs is 3. The zero-order chi connectivity index (χ0) is 34.6. The molecule has 8 aromatic carbocycles. The van der Waals surface area contributed by atoms with Gasteiger partial charge in [0, 0.05) is 27.3 Å². The molecular formula is C48H32N4. The number of aromatic nitrogens is 4. The highest BCUT2D eigenvalue weighted by molar-refractivity contribution is 6.35. The second-order valence-electron chi connectivity index (χ2n) is 14.4. The van der Waals surface area contributed by atoms with Gasteiger partial charge in [0.15, 0.2) is 11.6 Å². The van der Waals surface area contributed by atoms with Gasteiger partial charge in [-0.05, 0) is 72.8 Å². The van der Waals surface area contributed by atoms with Crippen LogP contribution in [-0.4, -0.2) is 19.5 Å². The SMILES string of the molecule is CC1(C)c2cccc3c4ccccc4c4cccc5c4c4c(c1ccc4n5-c1nc(-c4ccccc4)nc(-c4cccc(-c5ccccc5)c4)n1)c23. The van der Waals surface area contributed by atoms with Gasteiger partial charge in [0.25, 0.3) is 0 Å². The van der Waals surface area contributed by atoms with Crippen molar-refractivity contribution in [2.75, 3.05) is 0 Å². The topological polar surface area (TPSA) is 43.6 Å². The molecule has 0 spiro atoms. The average Bonchev–Trinajstić information content (AvgIpc) is 3.66.